The van der Waals surface area contributed by atoms with Gasteiger partial charge in [0, 0.05) is 19.6 Å². The fourth-order valence-corrected chi connectivity index (χ4v) is 2.10. The molecule has 4 nitrogen and oxygen atoms in total. The third kappa shape index (κ3) is 3.47. The standard InChI is InChI=1S/C11H22N2O2/c1-8(7-12-2)11(14)13-9-5-4-6-10(9)15-3/h8-10,12H,4-7H2,1-3H3,(H,13,14). The monoisotopic (exact) mass is 214 g/mol. The minimum absolute atomic E-state index is 0.0214. The molecule has 0 bridgehead atoms. The highest BCUT2D eigenvalue weighted by Gasteiger charge is 2.29. The Hall–Kier alpha value is -0.610. The maximum absolute atomic E-state index is 11.7. The summed E-state index contributed by atoms with van der Waals surface area (Å²) in [6, 6.07) is 0.210. The van der Waals surface area contributed by atoms with Gasteiger partial charge in [-0.15, -0.1) is 0 Å². The lowest BCUT2D eigenvalue weighted by Crippen LogP contribution is -2.44. The SMILES string of the molecule is CNCC(C)C(=O)NC1CCCC1OC. The molecule has 1 fully saturated rings. The molecule has 0 aromatic rings. The van der Waals surface area contributed by atoms with Gasteiger partial charge in [0.05, 0.1) is 12.1 Å². The topological polar surface area (TPSA) is 50.4 Å². The number of hydrogen-bond acceptors (Lipinski definition) is 3. The van der Waals surface area contributed by atoms with E-state index < -0.39 is 0 Å². The summed E-state index contributed by atoms with van der Waals surface area (Å²) in [6.07, 6.45) is 3.44. The van der Waals surface area contributed by atoms with E-state index in [1.165, 1.54) is 0 Å². The summed E-state index contributed by atoms with van der Waals surface area (Å²) in [5.41, 5.74) is 0. The highest BCUT2D eigenvalue weighted by Crippen LogP contribution is 2.21. The quantitative estimate of drug-likeness (QED) is 0.701. The zero-order valence-electron chi connectivity index (χ0n) is 9.88. The van der Waals surface area contributed by atoms with E-state index in [1.807, 2.05) is 14.0 Å². The molecule has 0 heterocycles. The third-order valence-electron chi connectivity index (χ3n) is 3.04. The van der Waals surface area contributed by atoms with Crippen molar-refractivity contribution in [2.24, 2.45) is 5.92 Å². The van der Waals surface area contributed by atoms with Crippen LogP contribution in [0.4, 0.5) is 0 Å². The van der Waals surface area contributed by atoms with Crippen molar-refractivity contribution < 1.29 is 9.53 Å². The van der Waals surface area contributed by atoms with Gasteiger partial charge in [-0.25, -0.2) is 0 Å². The molecular formula is C11H22N2O2. The normalized spacial score (nSPS) is 27.7. The molecule has 1 amide bonds. The van der Waals surface area contributed by atoms with Gasteiger partial charge in [-0.3, -0.25) is 4.79 Å². The Labute approximate surface area is 91.8 Å². The van der Waals surface area contributed by atoms with E-state index in [-0.39, 0.29) is 24.0 Å². The van der Waals surface area contributed by atoms with Crippen LogP contribution in [0, 0.1) is 5.92 Å². The van der Waals surface area contributed by atoms with E-state index in [2.05, 4.69) is 10.6 Å². The molecule has 88 valence electrons. The van der Waals surface area contributed by atoms with E-state index in [0.29, 0.717) is 0 Å². The van der Waals surface area contributed by atoms with E-state index >= 15 is 0 Å². The predicted octanol–water partition coefficient (Wildman–Crippen LogP) is 0.526. The lowest BCUT2D eigenvalue weighted by Gasteiger charge is -2.21. The molecule has 2 N–H and O–H groups in total. The fraction of sp³-hybridized carbons (Fsp3) is 0.909. The summed E-state index contributed by atoms with van der Waals surface area (Å²) in [5.74, 6) is 0.145. The first-order valence-electron chi connectivity index (χ1n) is 5.66. The van der Waals surface area contributed by atoms with Gasteiger partial charge in [0.15, 0.2) is 0 Å². The van der Waals surface area contributed by atoms with Crippen molar-refractivity contribution in [2.45, 2.75) is 38.3 Å². The average molecular weight is 214 g/mol. The van der Waals surface area contributed by atoms with Crippen LogP contribution in [-0.2, 0) is 9.53 Å². The summed E-state index contributed by atoms with van der Waals surface area (Å²) in [5, 5.41) is 6.07. The van der Waals surface area contributed by atoms with Crippen LogP contribution in [0.2, 0.25) is 0 Å². The molecule has 0 saturated heterocycles. The van der Waals surface area contributed by atoms with Crippen molar-refractivity contribution in [2.75, 3.05) is 20.7 Å². The summed E-state index contributed by atoms with van der Waals surface area (Å²) in [6.45, 7) is 2.65. The molecule has 4 heteroatoms. The van der Waals surface area contributed by atoms with Crippen LogP contribution in [-0.4, -0.2) is 38.8 Å². The maximum Gasteiger partial charge on any atom is 0.224 e. The average Bonchev–Trinajstić information content (AvgIpc) is 2.65. The number of ether oxygens (including phenoxy) is 1. The van der Waals surface area contributed by atoms with Crippen molar-refractivity contribution in [3.05, 3.63) is 0 Å². The zero-order valence-corrected chi connectivity index (χ0v) is 9.88. The Kier molecular flexibility index (Phi) is 5.05. The highest BCUT2D eigenvalue weighted by atomic mass is 16.5. The first-order valence-corrected chi connectivity index (χ1v) is 5.66. The van der Waals surface area contributed by atoms with Crippen LogP contribution in [0.25, 0.3) is 0 Å². The van der Waals surface area contributed by atoms with E-state index in [0.717, 1.165) is 25.8 Å². The summed E-state index contributed by atoms with van der Waals surface area (Å²) < 4.78 is 5.33. The Balaban J connectivity index is 2.36. The van der Waals surface area contributed by atoms with Gasteiger partial charge in [-0.05, 0) is 26.3 Å². The minimum Gasteiger partial charge on any atom is -0.379 e. The molecule has 0 aromatic carbocycles. The lowest BCUT2D eigenvalue weighted by molar-refractivity contribution is -0.125. The third-order valence-corrected chi connectivity index (χ3v) is 3.04. The van der Waals surface area contributed by atoms with Crippen molar-refractivity contribution in [1.82, 2.24) is 10.6 Å². The van der Waals surface area contributed by atoms with Gasteiger partial charge < -0.3 is 15.4 Å². The van der Waals surface area contributed by atoms with Crippen LogP contribution in [0.1, 0.15) is 26.2 Å². The maximum atomic E-state index is 11.7. The molecule has 3 unspecified atom stereocenters. The van der Waals surface area contributed by atoms with Crippen molar-refractivity contribution in [1.29, 1.82) is 0 Å². The first-order chi connectivity index (χ1) is 7.19. The Bertz CT molecular complexity index is 209. The smallest absolute Gasteiger partial charge is 0.224 e. The second kappa shape index (κ2) is 6.08. The van der Waals surface area contributed by atoms with Crippen LogP contribution < -0.4 is 10.6 Å². The summed E-state index contributed by atoms with van der Waals surface area (Å²) >= 11 is 0. The van der Waals surface area contributed by atoms with E-state index in [1.54, 1.807) is 7.11 Å². The van der Waals surface area contributed by atoms with Crippen LogP contribution in [0.3, 0.4) is 0 Å². The van der Waals surface area contributed by atoms with Crippen molar-refractivity contribution in [3.8, 4) is 0 Å². The molecule has 15 heavy (non-hydrogen) atoms. The molecule has 3 atom stereocenters. The number of hydrogen-bond donors (Lipinski definition) is 2. The van der Waals surface area contributed by atoms with Crippen LogP contribution in [0.15, 0.2) is 0 Å². The van der Waals surface area contributed by atoms with E-state index in [9.17, 15) is 4.79 Å². The number of carbonyl (C=O) groups is 1. The van der Waals surface area contributed by atoms with Gasteiger partial charge in [0.2, 0.25) is 5.91 Å². The molecule has 0 aromatic heterocycles. The number of amides is 1. The van der Waals surface area contributed by atoms with Gasteiger partial charge in [-0.2, -0.15) is 0 Å². The van der Waals surface area contributed by atoms with Gasteiger partial charge >= 0.3 is 0 Å². The Morgan fingerprint density at radius 3 is 2.87 bits per heavy atom. The van der Waals surface area contributed by atoms with Crippen molar-refractivity contribution >= 4 is 5.91 Å². The molecule has 1 saturated carbocycles. The fourth-order valence-electron chi connectivity index (χ4n) is 2.10. The molecule has 0 spiro atoms. The molecule has 1 aliphatic carbocycles. The summed E-state index contributed by atoms with van der Waals surface area (Å²) in [7, 11) is 3.57. The van der Waals surface area contributed by atoms with Gasteiger partial charge in [0.1, 0.15) is 0 Å². The molecular weight excluding hydrogens is 192 g/mol. The molecule has 0 aliphatic heterocycles. The highest BCUT2D eigenvalue weighted by molar-refractivity contribution is 5.78. The van der Waals surface area contributed by atoms with Gasteiger partial charge in [0.25, 0.3) is 0 Å². The largest absolute Gasteiger partial charge is 0.379 e. The Morgan fingerprint density at radius 2 is 2.27 bits per heavy atom. The lowest BCUT2D eigenvalue weighted by atomic mass is 10.1. The molecule has 1 rings (SSSR count). The second-order valence-electron chi connectivity index (χ2n) is 4.28. The number of carbonyl (C=O) groups excluding carboxylic acids is 1. The van der Waals surface area contributed by atoms with Crippen LogP contribution in [0.5, 0.6) is 0 Å². The Morgan fingerprint density at radius 1 is 1.53 bits per heavy atom. The number of nitrogens with one attached hydrogen (secondary N) is 2. The van der Waals surface area contributed by atoms with Gasteiger partial charge in [-0.1, -0.05) is 6.92 Å². The minimum atomic E-state index is 0.0214. The number of rotatable bonds is 5. The first kappa shape index (κ1) is 12.5. The van der Waals surface area contributed by atoms with Crippen LogP contribution >= 0.6 is 0 Å². The predicted molar refractivity (Wildman–Crippen MR) is 59.7 cm³/mol. The number of methoxy groups -OCH3 is 1. The molecule has 0 radical (unpaired) electrons. The van der Waals surface area contributed by atoms with E-state index in [4.69, 9.17) is 4.74 Å². The van der Waals surface area contributed by atoms with Crippen molar-refractivity contribution in [3.63, 3.8) is 0 Å². The summed E-state index contributed by atoms with van der Waals surface area (Å²) in [4.78, 5) is 11.7. The zero-order chi connectivity index (χ0) is 11.3. The second-order valence-corrected chi connectivity index (χ2v) is 4.28. The molecule has 1 aliphatic rings.